The van der Waals surface area contributed by atoms with E-state index in [-0.39, 0.29) is 18.4 Å². The molecular weight excluding hydrogens is 306 g/mol. The van der Waals surface area contributed by atoms with E-state index >= 15 is 0 Å². The van der Waals surface area contributed by atoms with E-state index in [1.807, 2.05) is 6.92 Å². The van der Waals surface area contributed by atoms with Gasteiger partial charge in [0.1, 0.15) is 12.1 Å². The Labute approximate surface area is 143 Å². The van der Waals surface area contributed by atoms with E-state index in [9.17, 15) is 14.4 Å². The molecule has 3 rings (SSSR count). The second-order valence-electron chi connectivity index (χ2n) is 7.41. The van der Waals surface area contributed by atoms with Crippen molar-refractivity contribution < 1.29 is 14.4 Å². The Balaban J connectivity index is 1.64. The fraction of sp³-hybridized carbons (Fsp3) is 0.722. The molecule has 1 saturated heterocycles. The topological polar surface area (TPSA) is 69.7 Å². The third kappa shape index (κ3) is 3.06. The molecule has 1 saturated carbocycles. The summed E-state index contributed by atoms with van der Waals surface area (Å²) in [7, 11) is 0. The van der Waals surface area contributed by atoms with E-state index in [0.29, 0.717) is 31.8 Å². The Morgan fingerprint density at radius 3 is 2.67 bits per heavy atom. The number of hydrogen-bond acceptors (Lipinski definition) is 3. The Morgan fingerprint density at radius 1 is 1.33 bits per heavy atom. The van der Waals surface area contributed by atoms with Gasteiger partial charge >= 0.3 is 6.03 Å². The molecular formula is C18H27N3O3. The molecule has 0 aromatic carbocycles. The lowest BCUT2D eigenvalue weighted by molar-refractivity contribution is -0.139. The molecule has 1 spiro atoms. The van der Waals surface area contributed by atoms with Crippen LogP contribution in [-0.4, -0.2) is 52.8 Å². The van der Waals surface area contributed by atoms with Gasteiger partial charge in [0.2, 0.25) is 5.91 Å². The molecule has 0 radical (unpaired) electrons. The van der Waals surface area contributed by atoms with Gasteiger partial charge in [-0.3, -0.25) is 14.5 Å². The molecule has 132 valence electrons. The van der Waals surface area contributed by atoms with Crippen molar-refractivity contribution in [2.45, 2.75) is 57.9 Å². The van der Waals surface area contributed by atoms with E-state index in [2.05, 4.69) is 18.3 Å². The standard InChI is InChI=1S/C18H27N3O3/c1-3-14-6-8-18(9-7-14)16(23)21(17(24)19-18)12-15(22)20-10-4-5-13(2)11-20/h5,14H,3-4,6-12H2,1-2H3,(H,19,24). The van der Waals surface area contributed by atoms with Crippen LogP contribution in [0.2, 0.25) is 0 Å². The molecule has 0 aromatic heterocycles. The van der Waals surface area contributed by atoms with Gasteiger partial charge < -0.3 is 10.2 Å². The van der Waals surface area contributed by atoms with E-state index in [4.69, 9.17) is 0 Å². The third-order valence-electron chi connectivity index (χ3n) is 5.76. The summed E-state index contributed by atoms with van der Waals surface area (Å²) in [5.41, 5.74) is 0.391. The number of imide groups is 1. The van der Waals surface area contributed by atoms with Crippen molar-refractivity contribution in [2.24, 2.45) is 5.92 Å². The highest BCUT2D eigenvalue weighted by Crippen LogP contribution is 2.37. The second-order valence-corrected chi connectivity index (χ2v) is 7.41. The summed E-state index contributed by atoms with van der Waals surface area (Å²) in [6.45, 7) is 5.26. The van der Waals surface area contributed by atoms with E-state index in [1.165, 1.54) is 0 Å². The van der Waals surface area contributed by atoms with Gasteiger partial charge in [-0.1, -0.05) is 25.0 Å². The SMILES string of the molecule is CCC1CCC2(CC1)NC(=O)N(CC(=O)N1CCC=C(C)C1)C2=O. The summed E-state index contributed by atoms with van der Waals surface area (Å²) in [4.78, 5) is 40.5. The predicted molar refractivity (Wildman–Crippen MR) is 90.2 cm³/mol. The summed E-state index contributed by atoms with van der Waals surface area (Å²) in [6.07, 6.45) is 7.36. The average Bonchev–Trinajstić information content (AvgIpc) is 2.80. The molecule has 1 N–H and O–H groups in total. The first-order valence-electron chi connectivity index (χ1n) is 9.02. The Bertz CT molecular complexity index is 576. The summed E-state index contributed by atoms with van der Waals surface area (Å²) in [5.74, 6) is 0.282. The van der Waals surface area contributed by atoms with Gasteiger partial charge in [0.15, 0.2) is 0 Å². The first-order chi connectivity index (χ1) is 11.4. The molecule has 1 aliphatic carbocycles. The predicted octanol–water partition coefficient (Wildman–Crippen LogP) is 2.06. The number of hydrogen-bond donors (Lipinski definition) is 1. The van der Waals surface area contributed by atoms with Gasteiger partial charge in [-0.25, -0.2) is 4.79 Å². The number of rotatable bonds is 3. The number of nitrogens with one attached hydrogen (secondary N) is 1. The molecule has 2 heterocycles. The molecule has 0 bridgehead atoms. The zero-order valence-electron chi connectivity index (χ0n) is 14.6. The Kier molecular flexibility index (Phi) is 4.65. The lowest BCUT2D eigenvalue weighted by atomic mass is 9.75. The number of carbonyl (C=O) groups excluding carboxylic acids is 3. The summed E-state index contributed by atoms with van der Waals surface area (Å²) < 4.78 is 0. The molecule has 6 nitrogen and oxygen atoms in total. The van der Waals surface area contributed by atoms with Crippen LogP contribution in [0.25, 0.3) is 0 Å². The van der Waals surface area contributed by atoms with Gasteiger partial charge in [0.25, 0.3) is 5.91 Å². The molecule has 2 fully saturated rings. The maximum atomic E-state index is 12.8. The zero-order valence-corrected chi connectivity index (χ0v) is 14.6. The molecule has 0 aromatic rings. The quantitative estimate of drug-likeness (QED) is 0.635. The van der Waals surface area contributed by atoms with Gasteiger partial charge in [0.05, 0.1) is 0 Å². The number of nitrogens with zero attached hydrogens (tertiary/aromatic N) is 2. The normalized spacial score (nSPS) is 30.6. The Hall–Kier alpha value is -1.85. The molecule has 0 atom stereocenters. The molecule has 3 aliphatic rings. The van der Waals surface area contributed by atoms with Crippen LogP contribution in [0.4, 0.5) is 4.79 Å². The van der Waals surface area contributed by atoms with Crippen LogP contribution in [0, 0.1) is 5.92 Å². The Morgan fingerprint density at radius 2 is 2.04 bits per heavy atom. The van der Waals surface area contributed by atoms with Gasteiger partial charge in [-0.15, -0.1) is 0 Å². The maximum Gasteiger partial charge on any atom is 0.325 e. The van der Waals surface area contributed by atoms with Crippen LogP contribution in [0.3, 0.4) is 0 Å². The first-order valence-corrected chi connectivity index (χ1v) is 9.02. The fourth-order valence-electron chi connectivity index (χ4n) is 4.10. The van der Waals surface area contributed by atoms with Crippen molar-refractivity contribution in [1.82, 2.24) is 15.1 Å². The summed E-state index contributed by atoms with van der Waals surface area (Å²) >= 11 is 0. The summed E-state index contributed by atoms with van der Waals surface area (Å²) in [5, 5.41) is 2.89. The van der Waals surface area contributed by atoms with Crippen LogP contribution in [0.5, 0.6) is 0 Å². The largest absolute Gasteiger partial charge is 0.337 e. The van der Waals surface area contributed by atoms with E-state index < -0.39 is 11.6 Å². The van der Waals surface area contributed by atoms with Crippen molar-refractivity contribution in [3.8, 4) is 0 Å². The van der Waals surface area contributed by atoms with Gasteiger partial charge in [0, 0.05) is 13.1 Å². The lowest BCUT2D eigenvalue weighted by Crippen LogP contribution is -2.50. The van der Waals surface area contributed by atoms with Crippen molar-refractivity contribution >= 4 is 17.8 Å². The first kappa shape index (κ1) is 17.0. The third-order valence-corrected chi connectivity index (χ3v) is 5.76. The van der Waals surface area contributed by atoms with Crippen LogP contribution in [-0.2, 0) is 9.59 Å². The molecule has 2 aliphatic heterocycles. The van der Waals surface area contributed by atoms with Gasteiger partial charge in [-0.2, -0.15) is 0 Å². The number of urea groups is 1. The van der Waals surface area contributed by atoms with Gasteiger partial charge in [-0.05, 0) is 44.9 Å². The van der Waals surface area contributed by atoms with Crippen molar-refractivity contribution in [2.75, 3.05) is 19.6 Å². The minimum absolute atomic E-state index is 0.142. The highest BCUT2D eigenvalue weighted by atomic mass is 16.2. The number of amides is 4. The smallest absolute Gasteiger partial charge is 0.325 e. The minimum Gasteiger partial charge on any atom is -0.337 e. The molecule has 6 heteroatoms. The molecule has 0 unspecified atom stereocenters. The highest BCUT2D eigenvalue weighted by molar-refractivity contribution is 6.09. The second kappa shape index (κ2) is 6.57. The van der Waals surface area contributed by atoms with E-state index in [1.54, 1.807) is 4.90 Å². The summed E-state index contributed by atoms with van der Waals surface area (Å²) in [6, 6.07) is -0.410. The van der Waals surface area contributed by atoms with Crippen LogP contribution in [0.1, 0.15) is 52.4 Å². The number of carbonyl (C=O) groups is 3. The lowest BCUT2D eigenvalue weighted by Gasteiger charge is -2.34. The monoisotopic (exact) mass is 333 g/mol. The highest BCUT2D eigenvalue weighted by Gasteiger charge is 2.52. The van der Waals surface area contributed by atoms with Crippen molar-refractivity contribution in [1.29, 1.82) is 0 Å². The fourth-order valence-corrected chi connectivity index (χ4v) is 4.10. The average molecular weight is 333 g/mol. The zero-order chi connectivity index (χ0) is 17.3. The molecule has 24 heavy (non-hydrogen) atoms. The van der Waals surface area contributed by atoms with Crippen LogP contribution >= 0.6 is 0 Å². The van der Waals surface area contributed by atoms with E-state index in [0.717, 1.165) is 36.2 Å². The maximum absolute atomic E-state index is 12.8. The minimum atomic E-state index is -0.763. The molecule has 4 amide bonds. The van der Waals surface area contributed by atoms with Crippen LogP contribution in [0.15, 0.2) is 11.6 Å². The van der Waals surface area contributed by atoms with Crippen molar-refractivity contribution in [3.05, 3.63) is 11.6 Å². The van der Waals surface area contributed by atoms with Crippen molar-refractivity contribution in [3.63, 3.8) is 0 Å². The van der Waals surface area contributed by atoms with Crippen LogP contribution < -0.4 is 5.32 Å².